The number of hydrogen-bond acceptors (Lipinski definition) is 4. The summed E-state index contributed by atoms with van der Waals surface area (Å²) in [5.74, 6) is 0.612. The summed E-state index contributed by atoms with van der Waals surface area (Å²) < 4.78 is 10.6. The molecule has 1 N–H and O–H groups in total. The van der Waals surface area contributed by atoms with Crippen LogP contribution in [0, 0.1) is 5.92 Å². The highest BCUT2D eigenvalue weighted by Crippen LogP contribution is 2.35. The Kier molecular flexibility index (Phi) is 5.41. The number of hydrogen-bond donors (Lipinski definition) is 1. The van der Waals surface area contributed by atoms with E-state index in [0.29, 0.717) is 30.3 Å². The van der Waals surface area contributed by atoms with E-state index in [1.807, 2.05) is 30.3 Å². The van der Waals surface area contributed by atoms with E-state index in [2.05, 4.69) is 5.32 Å². The van der Waals surface area contributed by atoms with E-state index in [-0.39, 0.29) is 24.2 Å². The Morgan fingerprint density at radius 3 is 2.62 bits per heavy atom. The number of benzene rings is 2. The maximum atomic E-state index is 12.5. The third-order valence-electron chi connectivity index (χ3n) is 4.48. The van der Waals surface area contributed by atoms with E-state index in [4.69, 9.17) is 9.47 Å². The van der Waals surface area contributed by atoms with Gasteiger partial charge < -0.3 is 19.7 Å². The summed E-state index contributed by atoms with van der Waals surface area (Å²) in [5, 5.41) is 2.91. The lowest BCUT2D eigenvalue weighted by molar-refractivity contribution is -0.126. The molecule has 2 aromatic rings. The quantitative estimate of drug-likeness (QED) is 0.865. The molecule has 0 aromatic heterocycles. The summed E-state index contributed by atoms with van der Waals surface area (Å²) in [4.78, 5) is 26.5. The van der Waals surface area contributed by atoms with Gasteiger partial charge in [0, 0.05) is 25.6 Å². The Labute approximate surface area is 152 Å². The van der Waals surface area contributed by atoms with Crippen LogP contribution in [0.15, 0.2) is 48.5 Å². The minimum absolute atomic E-state index is 0.0895. The van der Waals surface area contributed by atoms with Crippen LogP contribution in [0.2, 0.25) is 0 Å². The highest BCUT2D eigenvalue weighted by Gasteiger charge is 2.36. The van der Waals surface area contributed by atoms with Crippen LogP contribution in [0.3, 0.4) is 0 Å². The third kappa shape index (κ3) is 3.79. The van der Waals surface area contributed by atoms with Crippen LogP contribution in [-0.2, 0) is 16.1 Å². The second kappa shape index (κ2) is 7.91. The molecule has 0 spiro atoms. The van der Waals surface area contributed by atoms with Crippen LogP contribution >= 0.6 is 0 Å². The van der Waals surface area contributed by atoms with E-state index in [1.54, 1.807) is 37.3 Å². The van der Waals surface area contributed by atoms with Gasteiger partial charge in [0.15, 0.2) is 0 Å². The zero-order valence-electron chi connectivity index (χ0n) is 14.9. The molecule has 0 bridgehead atoms. The fraction of sp³-hybridized carbons (Fsp3) is 0.300. The zero-order valence-corrected chi connectivity index (χ0v) is 14.9. The van der Waals surface area contributed by atoms with Gasteiger partial charge in [-0.3, -0.25) is 9.59 Å². The fourth-order valence-electron chi connectivity index (χ4n) is 3.05. The van der Waals surface area contributed by atoms with E-state index >= 15 is 0 Å². The van der Waals surface area contributed by atoms with E-state index in [0.717, 1.165) is 5.56 Å². The Morgan fingerprint density at radius 1 is 1.15 bits per heavy atom. The predicted octanol–water partition coefficient (Wildman–Crippen LogP) is 2.37. The van der Waals surface area contributed by atoms with Crippen molar-refractivity contribution in [2.45, 2.75) is 13.0 Å². The highest BCUT2D eigenvalue weighted by molar-refractivity contribution is 6.01. The molecule has 6 heteroatoms. The normalized spacial score (nSPS) is 16.5. The molecule has 136 valence electrons. The predicted molar refractivity (Wildman–Crippen MR) is 98.3 cm³/mol. The number of methoxy groups -OCH3 is 2. The molecule has 1 fully saturated rings. The van der Waals surface area contributed by atoms with Crippen molar-refractivity contribution in [1.29, 1.82) is 0 Å². The summed E-state index contributed by atoms with van der Waals surface area (Å²) in [6.07, 6.45) is 0.190. The van der Waals surface area contributed by atoms with Crippen molar-refractivity contribution in [1.82, 2.24) is 5.32 Å². The number of nitrogens with zero attached hydrogens (tertiary/aromatic N) is 1. The summed E-state index contributed by atoms with van der Waals surface area (Å²) in [5.41, 5.74) is 1.68. The van der Waals surface area contributed by atoms with E-state index in [1.165, 1.54) is 0 Å². The standard InChI is InChI=1S/C20H22N2O4/c1-25-16-8-9-17(18(11-16)26-2)22-13-15(10-19(22)23)20(24)21-12-14-6-4-3-5-7-14/h3-9,11,15H,10,12-13H2,1-2H3,(H,21,24)/t15-/m1/s1. The maximum absolute atomic E-state index is 12.5. The second-order valence-corrected chi connectivity index (χ2v) is 6.15. The molecule has 3 rings (SSSR count). The van der Waals surface area contributed by atoms with E-state index in [9.17, 15) is 9.59 Å². The Hall–Kier alpha value is -3.02. The lowest BCUT2D eigenvalue weighted by Crippen LogP contribution is -2.32. The lowest BCUT2D eigenvalue weighted by atomic mass is 10.1. The average Bonchev–Trinajstić information content (AvgIpc) is 3.08. The molecule has 1 atom stereocenters. The first-order valence-electron chi connectivity index (χ1n) is 8.46. The number of anilines is 1. The van der Waals surface area contributed by atoms with Crippen molar-refractivity contribution in [3.05, 3.63) is 54.1 Å². The topological polar surface area (TPSA) is 67.9 Å². The number of ether oxygens (including phenoxy) is 2. The minimum Gasteiger partial charge on any atom is -0.497 e. The number of amides is 2. The molecular formula is C20H22N2O4. The van der Waals surface area contributed by atoms with Gasteiger partial charge in [-0.05, 0) is 17.7 Å². The molecule has 2 amide bonds. The second-order valence-electron chi connectivity index (χ2n) is 6.15. The van der Waals surface area contributed by atoms with Gasteiger partial charge in [0.1, 0.15) is 11.5 Å². The SMILES string of the molecule is COc1ccc(N2C[C@H](C(=O)NCc3ccccc3)CC2=O)c(OC)c1. The first kappa shape index (κ1) is 17.8. The molecule has 0 saturated carbocycles. The van der Waals surface area contributed by atoms with Gasteiger partial charge in [0.2, 0.25) is 11.8 Å². The lowest BCUT2D eigenvalue weighted by Gasteiger charge is -2.20. The molecule has 6 nitrogen and oxygen atoms in total. The van der Waals surface area contributed by atoms with Gasteiger partial charge in [-0.25, -0.2) is 0 Å². The number of nitrogens with one attached hydrogen (secondary N) is 1. The Bertz CT molecular complexity index is 792. The van der Waals surface area contributed by atoms with Gasteiger partial charge in [0.25, 0.3) is 0 Å². The molecule has 0 aliphatic carbocycles. The summed E-state index contributed by atoms with van der Waals surface area (Å²) in [7, 11) is 3.12. The van der Waals surface area contributed by atoms with Crippen LogP contribution in [0.5, 0.6) is 11.5 Å². The monoisotopic (exact) mass is 354 g/mol. The molecule has 0 unspecified atom stereocenters. The Morgan fingerprint density at radius 2 is 1.92 bits per heavy atom. The molecule has 1 aliphatic heterocycles. The first-order valence-corrected chi connectivity index (χ1v) is 8.46. The summed E-state index contributed by atoms with van der Waals surface area (Å²) in [6, 6.07) is 15.0. The van der Waals surface area contributed by atoms with Crippen LogP contribution in [-0.4, -0.2) is 32.6 Å². The molecule has 1 saturated heterocycles. The van der Waals surface area contributed by atoms with Crippen molar-refractivity contribution in [2.75, 3.05) is 25.7 Å². The van der Waals surface area contributed by atoms with Gasteiger partial charge >= 0.3 is 0 Å². The van der Waals surface area contributed by atoms with Gasteiger partial charge in [0.05, 0.1) is 25.8 Å². The third-order valence-corrected chi connectivity index (χ3v) is 4.48. The smallest absolute Gasteiger partial charge is 0.227 e. The van der Waals surface area contributed by atoms with Crippen LogP contribution < -0.4 is 19.7 Å². The fourth-order valence-corrected chi connectivity index (χ4v) is 3.05. The number of carbonyl (C=O) groups is 2. The van der Waals surface area contributed by atoms with Gasteiger partial charge in [-0.1, -0.05) is 30.3 Å². The highest BCUT2D eigenvalue weighted by atomic mass is 16.5. The van der Waals surface area contributed by atoms with Crippen LogP contribution in [0.1, 0.15) is 12.0 Å². The molecule has 0 radical (unpaired) electrons. The maximum Gasteiger partial charge on any atom is 0.227 e. The summed E-state index contributed by atoms with van der Waals surface area (Å²) >= 11 is 0. The van der Waals surface area contributed by atoms with Crippen molar-refractivity contribution in [3.63, 3.8) is 0 Å². The number of rotatable bonds is 6. The largest absolute Gasteiger partial charge is 0.497 e. The first-order chi connectivity index (χ1) is 12.6. The van der Waals surface area contributed by atoms with Crippen LogP contribution in [0.4, 0.5) is 5.69 Å². The molecule has 1 aliphatic rings. The molecule has 26 heavy (non-hydrogen) atoms. The zero-order chi connectivity index (χ0) is 18.5. The number of carbonyl (C=O) groups excluding carboxylic acids is 2. The molecule has 1 heterocycles. The molecule has 2 aromatic carbocycles. The minimum atomic E-state index is -0.377. The van der Waals surface area contributed by atoms with Crippen LogP contribution in [0.25, 0.3) is 0 Å². The van der Waals surface area contributed by atoms with Crippen molar-refractivity contribution < 1.29 is 19.1 Å². The summed E-state index contributed by atoms with van der Waals surface area (Å²) in [6.45, 7) is 0.790. The van der Waals surface area contributed by atoms with Crippen molar-refractivity contribution >= 4 is 17.5 Å². The Balaban J connectivity index is 1.67. The average molecular weight is 354 g/mol. The van der Waals surface area contributed by atoms with Gasteiger partial charge in [-0.15, -0.1) is 0 Å². The van der Waals surface area contributed by atoms with Gasteiger partial charge in [-0.2, -0.15) is 0 Å². The van der Waals surface area contributed by atoms with Crippen molar-refractivity contribution in [2.24, 2.45) is 5.92 Å². The van der Waals surface area contributed by atoms with E-state index < -0.39 is 0 Å². The van der Waals surface area contributed by atoms with Crippen molar-refractivity contribution in [3.8, 4) is 11.5 Å². The molecular weight excluding hydrogens is 332 g/mol.